The van der Waals surface area contributed by atoms with E-state index in [1.807, 2.05) is 0 Å². The van der Waals surface area contributed by atoms with Crippen molar-refractivity contribution in [3.05, 3.63) is 24.0 Å². The van der Waals surface area contributed by atoms with E-state index in [2.05, 4.69) is 5.16 Å². The fourth-order valence-corrected chi connectivity index (χ4v) is 1.70. The monoisotopic (exact) mass is 236 g/mol. The predicted molar refractivity (Wildman–Crippen MR) is 57.3 cm³/mol. The molecule has 3 rings (SSSR count). The van der Waals surface area contributed by atoms with Gasteiger partial charge in [-0.1, -0.05) is 5.16 Å². The number of ether oxygens (including phenoxy) is 2. The van der Waals surface area contributed by atoms with Crippen molar-refractivity contribution in [2.24, 2.45) is 0 Å². The van der Waals surface area contributed by atoms with E-state index in [0.717, 1.165) is 0 Å². The van der Waals surface area contributed by atoms with Gasteiger partial charge in [0.25, 0.3) is 0 Å². The zero-order chi connectivity index (χ0) is 11.8. The van der Waals surface area contributed by atoms with Crippen LogP contribution in [-0.2, 0) is 0 Å². The summed E-state index contributed by atoms with van der Waals surface area (Å²) >= 11 is 0. The molecule has 2 aromatic rings. The summed E-state index contributed by atoms with van der Waals surface area (Å²) in [6.07, 6.45) is 0. The summed E-state index contributed by atoms with van der Waals surface area (Å²) in [4.78, 5) is 0. The molecule has 0 fully saturated rings. The van der Waals surface area contributed by atoms with Crippen molar-refractivity contribution in [2.45, 2.75) is 0 Å². The summed E-state index contributed by atoms with van der Waals surface area (Å²) in [6.45, 7) is 0.747. The van der Waals surface area contributed by atoms with Gasteiger partial charge in [0.2, 0.25) is 5.88 Å². The zero-order valence-electron chi connectivity index (χ0n) is 8.77. The van der Waals surface area contributed by atoms with Crippen LogP contribution in [0.25, 0.3) is 11.3 Å². The van der Waals surface area contributed by atoms with Crippen molar-refractivity contribution in [3.8, 4) is 22.8 Å². The summed E-state index contributed by atoms with van der Waals surface area (Å²) in [7, 11) is 0. The van der Waals surface area contributed by atoms with Gasteiger partial charge in [-0.25, -0.2) is 4.39 Å². The third-order valence-electron chi connectivity index (χ3n) is 2.45. The number of rotatable bonds is 1. The minimum atomic E-state index is -0.518. The highest BCUT2D eigenvalue weighted by Crippen LogP contribution is 2.38. The van der Waals surface area contributed by atoms with Crippen molar-refractivity contribution in [3.63, 3.8) is 0 Å². The number of hydrogen-bond acceptors (Lipinski definition) is 5. The van der Waals surface area contributed by atoms with Crippen LogP contribution in [0.3, 0.4) is 0 Å². The van der Waals surface area contributed by atoms with Crippen LogP contribution in [0.5, 0.6) is 11.5 Å². The quantitative estimate of drug-likeness (QED) is 0.817. The molecule has 0 bridgehead atoms. The molecule has 0 saturated heterocycles. The van der Waals surface area contributed by atoms with Crippen molar-refractivity contribution in [2.75, 3.05) is 18.9 Å². The molecule has 1 aliphatic heterocycles. The van der Waals surface area contributed by atoms with E-state index in [4.69, 9.17) is 19.7 Å². The average molecular weight is 236 g/mol. The third kappa shape index (κ3) is 1.57. The molecule has 6 heteroatoms. The number of halogens is 1. The fraction of sp³-hybridized carbons (Fsp3) is 0.182. The Morgan fingerprint density at radius 3 is 2.82 bits per heavy atom. The van der Waals surface area contributed by atoms with Crippen LogP contribution >= 0.6 is 0 Å². The van der Waals surface area contributed by atoms with Gasteiger partial charge in [0.1, 0.15) is 18.9 Å². The SMILES string of the molecule is Nc1cc(-c2ccc3c(c2F)OCCO3)no1. The Morgan fingerprint density at radius 2 is 2.06 bits per heavy atom. The number of nitrogen functional groups attached to an aromatic ring is 1. The van der Waals surface area contributed by atoms with Gasteiger partial charge >= 0.3 is 0 Å². The molecule has 0 radical (unpaired) electrons. The number of nitrogens with two attached hydrogens (primary N) is 1. The Hall–Kier alpha value is -2.24. The number of aromatic nitrogens is 1. The minimum absolute atomic E-state index is 0.107. The van der Waals surface area contributed by atoms with E-state index in [1.165, 1.54) is 6.07 Å². The van der Waals surface area contributed by atoms with E-state index in [-0.39, 0.29) is 17.2 Å². The molecule has 0 spiro atoms. The molecule has 0 saturated carbocycles. The molecule has 1 aromatic heterocycles. The highest BCUT2D eigenvalue weighted by Gasteiger charge is 2.21. The highest BCUT2D eigenvalue weighted by molar-refractivity contribution is 5.66. The van der Waals surface area contributed by atoms with Gasteiger partial charge in [-0.2, -0.15) is 0 Å². The van der Waals surface area contributed by atoms with Gasteiger partial charge in [-0.05, 0) is 12.1 Å². The van der Waals surface area contributed by atoms with E-state index in [0.29, 0.717) is 24.7 Å². The van der Waals surface area contributed by atoms with Crippen molar-refractivity contribution >= 4 is 5.88 Å². The maximum atomic E-state index is 14.1. The lowest BCUT2D eigenvalue weighted by Crippen LogP contribution is -2.16. The van der Waals surface area contributed by atoms with Crippen LogP contribution in [0.1, 0.15) is 0 Å². The maximum absolute atomic E-state index is 14.1. The molecule has 0 atom stereocenters. The first-order chi connectivity index (χ1) is 8.25. The summed E-state index contributed by atoms with van der Waals surface area (Å²) in [5.41, 5.74) is 6.00. The lowest BCUT2D eigenvalue weighted by molar-refractivity contribution is 0.164. The largest absolute Gasteiger partial charge is 0.486 e. The van der Waals surface area contributed by atoms with Gasteiger partial charge in [0.15, 0.2) is 17.3 Å². The number of nitrogens with zero attached hydrogens (tertiary/aromatic N) is 1. The average Bonchev–Trinajstić information content (AvgIpc) is 2.77. The van der Waals surface area contributed by atoms with Gasteiger partial charge in [-0.15, -0.1) is 0 Å². The molecule has 0 amide bonds. The second-order valence-electron chi connectivity index (χ2n) is 3.57. The molecule has 1 aliphatic rings. The van der Waals surface area contributed by atoms with Crippen LogP contribution in [0, 0.1) is 5.82 Å². The van der Waals surface area contributed by atoms with E-state index < -0.39 is 5.82 Å². The Balaban J connectivity index is 2.12. The highest BCUT2D eigenvalue weighted by atomic mass is 19.1. The van der Waals surface area contributed by atoms with Crippen molar-refractivity contribution in [1.29, 1.82) is 0 Å². The number of fused-ring (bicyclic) bond motifs is 1. The standard InChI is InChI=1S/C11H9FN2O3/c12-10-6(7-5-9(13)17-14-7)1-2-8-11(10)16-4-3-15-8/h1-2,5H,3-4,13H2. The topological polar surface area (TPSA) is 70.5 Å². The van der Waals surface area contributed by atoms with Gasteiger partial charge in [-0.3, -0.25) is 0 Å². The molecule has 1 aromatic carbocycles. The molecular formula is C11H9FN2O3. The van der Waals surface area contributed by atoms with E-state index in [1.54, 1.807) is 12.1 Å². The molecule has 17 heavy (non-hydrogen) atoms. The lowest BCUT2D eigenvalue weighted by Gasteiger charge is -2.19. The van der Waals surface area contributed by atoms with Gasteiger partial charge < -0.3 is 19.7 Å². The van der Waals surface area contributed by atoms with Crippen LogP contribution in [-0.4, -0.2) is 18.4 Å². The summed E-state index contributed by atoms with van der Waals surface area (Å²) in [5, 5.41) is 3.66. The van der Waals surface area contributed by atoms with Crippen molar-refractivity contribution < 1.29 is 18.4 Å². The molecular weight excluding hydrogens is 227 g/mol. The minimum Gasteiger partial charge on any atom is -0.486 e. The second kappa shape index (κ2) is 3.65. The second-order valence-corrected chi connectivity index (χ2v) is 3.57. The zero-order valence-corrected chi connectivity index (χ0v) is 8.77. The molecule has 0 aliphatic carbocycles. The van der Waals surface area contributed by atoms with Crippen LogP contribution in [0.15, 0.2) is 22.7 Å². The number of hydrogen-bond donors (Lipinski definition) is 1. The van der Waals surface area contributed by atoms with Crippen LogP contribution in [0.4, 0.5) is 10.3 Å². The van der Waals surface area contributed by atoms with E-state index in [9.17, 15) is 4.39 Å². The van der Waals surface area contributed by atoms with Crippen LogP contribution < -0.4 is 15.2 Å². The Kier molecular flexibility index (Phi) is 2.14. The normalized spacial score (nSPS) is 13.7. The fourth-order valence-electron chi connectivity index (χ4n) is 1.70. The number of anilines is 1. The first-order valence-corrected chi connectivity index (χ1v) is 5.06. The predicted octanol–water partition coefficient (Wildman–Crippen LogP) is 1.83. The maximum Gasteiger partial charge on any atom is 0.222 e. The summed E-state index contributed by atoms with van der Waals surface area (Å²) in [5.74, 6) is 0.120. The Bertz CT molecular complexity index is 568. The van der Waals surface area contributed by atoms with E-state index >= 15 is 0 Å². The number of benzene rings is 1. The Labute approximate surface area is 95.9 Å². The molecule has 88 valence electrons. The third-order valence-corrected chi connectivity index (χ3v) is 2.45. The van der Waals surface area contributed by atoms with Gasteiger partial charge in [0.05, 0.1) is 0 Å². The molecule has 5 nitrogen and oxygen atoms in total. The summed E-state index contributed by atoms with van der Waals surface area (Å²) < 4.78 is 29.3. The first-order valence-electron chi connectivity index (χ1n) is 5.06. The van der Waals surface area contributed by atoms with Gasteiger partial charge in [0, 0.05) is 11.6 Å². The molecule has 0 unspecified atom stereocenters. The lowest BCUT2D eigenvalue weighted by atomic mass is 10.1. The summed E-state index contributed by atoms with van der Waals surface area (Å²) in [6, 6.07) is 4.65. The van der Waals surface area contributed by atoms with Crippen molar-refractivity contribution in [1.82, 2.24) is 5.16 Å². The van der Waals surface area contributed by atoms with Crippen LogP contribution in [0.2, 0.25) is 0 Å². The molecule has 2 heterocycles. The smallest absolute Gasteiger partial charge is 0.222 e. The first kappa shape index (κ1) is 9.95. The Morgan fingerprint density at radius 1 is 1.24 bits per heavy atom. The molecule has 2 N–H and O–H groups in total.